The lowest BCUT2D eigenvalue weighted by molar-refractivity contribution is -0.327. The molecule has 2 saturated heterocycles. The van der Waals surface area contributed by atoms with Crippen LogP contribution in [0.25, 0.3) is 0 Å². The van der Waals surface area contributed by atoms with Gasteiger partial charge >= 0.3 is 0 Å². The zero-order valence-corrected chi connectivity index (χ0v) is 32.4. The highest BCUT2D eigenvalue weighted by Crippen LogP contribution is 2.52. The Hall–Kier alpha value is -0.586. The lowest BCUT2D eigenvalue weighted by Crippen LogP contribution is -2.72. The topological polar surface area (TPSA) is 66.4 Å². The van der Waals surface area contributed by atoms with Crippen LogP contribution in [0, 0.1) is 0 Å². The van der Waals surface area contributed by atoms with E-state index in [-0.39, 0.29) is 36.1 Å². The molecule has 1 aromatic carbocycles. The number of rotatable bonds is 14. The Morgan fingerprint density at radius 1 is 0.909 bits per heavy atom. The second-order valence-electron chi connectivity index (χ2n) is 16.4. The molecule has 0 unspecified atom stereocenters. The van der Waals surface area contributed by atoms with Gasteiger partial charge in [0.2, 0.25) is 8.32 Å². The van der Waals surface area contributed by atoms with Gasteiger partial charge in [-0.1, -0.05) is 92.6 Å². The van der Waals surface area contributed by atoms with E-state index in [1.54, 1.807) is 0 Å². The number of benzene rings is 1. The third-order valence-electron chi connectivity index (χ3n) is 11.2. The van der Waals surface area contributed by atoms with Gasteiger partial charge in [-0.3, -0.25) is 0 Å². The normalized spacial score (nSPS) is 30.3. The Balaban J connectivity index is 1.89. The monoisotopic (exact) mass is 650 g/mol. The zero-order valence-electron chi connectivity index (χ0n) is 30.4. The molecule has 0 aromatic heterocycles. The van der Waals surface area contributed by atoms with Crippen LogP contribution in [0.1, 0.15) is 107 Å². The van der Waals surface area contributed by atoms with Crippen molar-refractivity contribution in [1.82, 2.24) is 0 Å². The van der Waals surface area contributed by atoms with Crippen LogP contribution in [0.15, 0.2) is 30.3 Å². The third-order valence-corrected chi connectivity index (χ3v) is 21.8. The van der Waals surface area contributed by atoms with E-state index in [9.17, 15) is 5.11 Å². The van der Waals surface area contributed by atoms with Crippen molar-refractivity contribution in [1.29, 1.82) is 0 Å². The fourth-order valence-corrected chi connectivity index (χ4v) is 14.6. The maximum atomic E-state index is 10.8. The van der Waals surface area contributed by atoms with Crippen LogP contribution in [-0.4, -0.2) is 70.6 Å². The molecule has 0 saturated carbocycles. The molecule has 0 bridgehead atoms. The van der Waals surface area contributed by atoms with E-state index in [4.69, 9.17) is 23.1 Å². The van der Waals surface area contributed by atoms with Gasteiger partial charge in [0.05, 0.1) is 37.6 Å². The molecule has 2 aliphatic heterocycles. The molecule has 2 fully saturated rings. The van der Waals surface area contributed by atoms with Gasteiger partial charge in [0, 0.05) is 19.4 Å². The van der Waals surface area contributed by atoms with E-state index in [2.05, 4.69) is 107 Å². The first-order valence-corrected chi connectivity index (χ1v) is 22.3. The van der Waals surface area contributed by atoms with Gasteiger partial charge in [0.15, 0.2) is 8.32 Å². The number of aliphatic hydroxyl groups excluding tert-OH is 1. The van der Waals surface area contributed by atoms with Gasteiger partial charge in [-0.05, 0) is 67.0 Å². The minimum absolute atomic E-state index is 0.0441. The van der Waals surface area contributed by atoms with E-state index >= 15 is 0 Å². The summed E-state index contributed by atoms with van der Waals surface area (Å²) in [4.78, 5) is 0. The highest BCUT2D eigenvalue weighted by molar-refractivity contribution is 6.77. The van der Waals surface area contributed by atoms with Gasteiger partial charge in [0.1, 0.15) is 11.2 Å². The van der Waals surface area contributed by atoms with Crippen molar-refractivity contribution in [3.63, 3.8) is 0 Å². The summed E-state index contributed by atoms with van der Waals surface area (Å²) in [6.45, 7) is 30.8. The molecule has 2 heterocycles. The predicted molar refractivity (Wildman–Crippen MR) is 186 cm³/mol. The summed E-state index contributed by atoms with van der Waals surface area (Å²) in [5, 5.41) is 10.9. The van der Waals surface area contributed by atoms with Gasteiger partial charge in [-0.2, -0.15) is 0 Å². The number of fused-ring (bicyclic) bond motifs is 1. The molecule has 6 atom stereocenters. The molecule has 3 rings (SSSR count). The quantitative estimate of drug-likeness (QED) is 0.160. The van der Waals surface area contributed by atoms with E-state index < -0.39 is 27.8 Å². The number of hydrogen-bond donors (Lipinski definition) is 1. The molecule has 6 nitrogen and oxygen atoms in total. The summed E-state index contributed by atoms with van der Waals surface area (Å²) in [6, 6.07) is 10.3. The molecule has 1 aromatic rings. The molecular weight excluding hydrogens is 585 g/mol. The van der Waals surface area contributed by atoms with Gasteiger partial charge < -0.3 is 28.2 Å². The molecule has 1 N–H and O–H groups in total. The molecule has 0 aliphatic carbocycles. The second kappa shape index (κ2) is 14.7. The Kier molecular flexibility index (Phi) is 12.6. The molecule has 254 valence electrons. The van der Waals surface area contributed by atoms with E-state index in [1.165, 1.54) is 5.56 Å². The average molecular weight is 651 g/mol. The summed E-state index contributed by atoms with van der Waals surface area (Å²) >= 11 is 0. The highest BCUT2D eigenvalue weighted by atomic mass is 28.4. The lowest BCUT2D eigenvalue weighted by Gasteiger charge is -2.61. The van der Waals surface area contributed by atoms with Crippen molar-refractivity contribution in [2.24, 2.45) is 0 Å². The van der Waals surface area contributed by atoms with E-state index in [0.29, 0.717) is 36.3 Å². The van der Waals surface area contributed by atoms with Crippen molar-refractivity contribution >= 4 is 16.6 Å². The van der Waals surface area contributed by atoms with Gasteiger partial charge in [-0.15, -0.1) is 0 Å². The van der Waals surface area contributed by atoms with Crippen molar-refractivity contribution < 1.29 is 28.2 Å². The molecule has 44 heavy (non-hydrogen) atoms. The summed E-state index contributed by atoms with van der Waals surface area (Å²) < 4.78 is 34.7. The van der Waals surface area contributed by atoms with Crippen LogP contribution < -0.4 is 0 Å². The lowest BCUT2D eigenvalue weighted by atomic mass is 9.76. The van der Waals surface area contributed by atoms with Gasteiger partial charge in [-0.25, -0.2) is 0 Å². The standard InChI is InChI=1S/C36H66O6Si2/c1-26(2)44(27(3)4,28(5)6)41-33-22-30(20-17-21-38-24-29-18-15-14-16-19-29)39-32-23-31(40-43(12,13)34(7,8)9)35(10,25-37)42-36(32,33)11/h14-16,18-19,26-28,30-33,37H,17,20-25H2,1-13H3/t30-,31-,32+,33-,35+,36+/m0/s1. The first kappa shape index (κ1) is 37.9. The van der Waals surface area contributed by atoms with Crippen molar-refractivity contribution in [3.8, 4) is 0 Å². The van der Waals surface area contributed by atoms with Crippen LogP contribution in [-0.2, 0) is 29.7 Å². The van der Waals surface area contributed by atoms with Gasteiger partial charge in [0.25, 0.3) is 0 Å². The first-order valence-electron chi connectivity index (χ1n) is 17.3. The predicted octanol–water partition coefficient (Wildman–Crippen LogP) is 9.02. The van der Waals surface area contributed by atoms with Crippen LogP contribution in [0.3, 0.4) is 0 Å². The number of hydrogen-bond acceptors (Lipinski definition) is 6. The fourth-order valence-electron chi connectivity index (χ4n) is 7.56. The van der Waals surface area contributed by atoms with Crippen molar-refractivity contribution in [2.45, 2.75) is 179 Å². The minimum Gasteiger partial charge on any atom is -0.411 e. The largest absolute Gasteiger partial charge is 0.411 e. The van der Waals surface area contributed by atoms with E-state index in [1.807, 2.05) is 13.0 Å². The SMILES string of the molecule is CC(C)[Si](O[C@H]1C[C@H](CCCOCc2ccccc2)O[C@@H]2C[C@H](O[Si](C)(C)C(C)(C)C)[C@@](C)(CO)O[C@@]12C)(C(C)C)C(C)C. The maximum absolute atomic E-state index is 10.8. The fraction of sp³-hybridized carbons (Fsp3) is 0.833. The molecular formula is C36H66O6Si2. The average Bonchev–Trinajstić information content (AvgIpc) is 2.91. The maximum Gasteiger partial charge on any atom is 0.200 e. The molecule has 0 spiro atoms. The second-order valence-corrected chi connectivity index (χ2v) is 26.6. The van der Waals surface area contributed by atoms with Crippen LogP contribution in [0.4, 0.5) is 0 Å². The first-order chi connectivity index (χ1) is 20.3. The summed E-state index contributed by atoms with van der Waals surface area (Å²) in [5.41, 5.74) is 1.03. The summed E-state index contributed by atoms with van der Waals surface area (Å²) in [6.07, 6.45) is 2.76. The smallest absolute Gasteiger partial charge is 0.200 e. The Labute approximate surface area is 272 Å². The minimum atomic E-state index is -2.23. The van der Waals surface area contributed by atoms with Crippen molar-refractivity contribution in [2.75, 3.05) is 13.2 Å². The zero-order chi connectivity index (χ0) is 33.1. The Morgan fingerprint density at radius 3 is 2.02 bits per heavy atom. The van der Waals surface area contributed by atoms with E-state index in [0.717, 1.165) is 19.3 Å². The highest BCUT2D eigenvalue weighted by Gasteiger charge is 2.62. The third kappa shape index (κ3) is 8.09. The van der Waals surface area contributed by atoms with Crippen LogP contribution >= 0.6 is 0 Å². The summed E-state index contributed by atoms with van der Waals surface area (Å²) in [5.74, 6) is 0. The summed E-state index contributed by atoms with van der Waals surface area (Å²) in [7, 11) is -4.37. The molecule has 0 amide bonds. The Bertz CT molecular complexity index is 1000. The molecule has 8 heteroatoms. The van der Waals surface area contributed by atoms with Crippen LogP contribution in [0.2, 0.25) is 34.8 Å². The molecule has 2 aliphatic rings. The molecule has 0 radical (unpaired) electrons. The van der Waals surface area contributed by atoms with Crippen LogP contribution in [0.5, 0.6) is 0 Å². The Morgan fingerprint density at radius 2 is 1.50 bits per heavy atom. The van der Waals surface area contributed by atoms with Crippen molar-refractivity contribution in [3.05, 3.63) is 35.9 Å². The number of aliphatic hydroxyl groups is 1. The number of ether oxygens (including phenoxy) is 3.